The largest absolute Gasteiger partial charge is 0.494 e. The maximum atomic E-state index is 13.2. The molecule has 0 aliphatic heterocycles. The van der Waals surface area contributed by atoms with Crippen molar-refractivity contribution in [3.05, 3.63) is 167 Å². The van der Waals surface area contributed by atoms with Crippen LogP contribution in [0.2, 0.25) is 0 Å². The number of nitrogens with one attached hydrogen (secondary N) is 1. The fraction of sp³-hybridized carbons (Fsp3) is 0.195. The Morgan fingerprint density at radius 1 is 0.688 bits per heavy atom. The second-order valence-corrected chi connectivity index (χ2v) is 11.6. The summed E-state index contributed by atoms with van der Waals surface area (Å²) in [6.45, 7) is 1.55. The van der Waals surface area contributed by atoms with E-state index in [-0.39, 0.29) is 18.1 Å². The predicted molar refractivity (Wildman–Crippen MR) is 188 cm³/mol. The van der Waals surface area contributed by atoms with Gasteiger partial charge in [0.2, 0.25) is 5.91 Å². The van der Waals surface area contributed by atoms with E-state index in [1.807, 2.05) is 95.9 Å². The molecule has 48 heavy (non-hydrogen) atoms. The van der Waals surface area contributed by atoms with Gasteiger partial charge in [-0.25, -0.2) is 4.79 Å². The second-order valence-electron chi connectivity index (χ2n) is 11.6. The first-order valence-electron chi connectivity index (χ1n) is 16.2. The summed E-state index contributed by atoms with van der Waals surface area (Å²) in [5.74, 6) is -0.414. The molecule has 0 saturated carbocycles. The van der Waals surface area contributed by atoms with Gasteiger partial charge in [0.05, 0.1) is 6.61 Å². The zero-order valence-electron chi connectivity index (χ0n) is 26.8. The summed E-state index contributed by atoms with van der Waals surface area (Å²) in [4.78, 5) is 40.5. The number of hydrogen-bond acceptors (Lipinski definition) is 5. The van der Waals surface area contributed by atoms with Gasteiger partial charge in [-0.1, -0.05) is 115 Å². The van der Waals surface area contributed by atoms with Crippen molar-refractivity contribution in [3.8, 4) is 5.75 Å². The van der Waals surface area contributed by atoms with E-state index >= 15 is 0 Å². The highest BCUT2D eigenvalue weighted by Gasteiger charge is 2.21. The number of rotatable bonds is 17. The van der Waals surface area contributed by atoms with E-state index in [0.29, 0.717) is 61.5 Å². The normalized spacial score (nSPS) is 11.3. The van der Waals surface area contributed by atoms with Crippen LogP contribution in [0.5, 0.6) is 5.75 Å². The number of carbonyl (C=O) groups excluding carboxylic acids is 2. The van der Waals surface area contributed by atoms with Gasteiger partial charge in [-0.3, -0.25) is 9.59 Å². The molecule has 5 rings (SSSR count). The second kappa shape index (κ2) is 17.3. The highest BCUT2D eigenvalue weighted by molar-refractivity contribution is 6.12. The summed E-state index contributed by atoms with van der Waals surface area (Å²) < 4.78 is 6.00. The number of para-hydroxylation sites is 1. The van der Waals surface area contributed by atoms with Gasteiger partial charge in [-0.05, 0) is 53.8 Å². The number of benzene rings is 5. The van der Waals surface area contributed by atoms with Crippen LogP contribution in [0.3, 0.4) is 0 Å². The van der Waals surface area contributed by atoms with Crippen molar-refractivity contribution in [1.29, 1.82) is 0 Å². The fourth-order valence-corrected chi connectivity index (χ4v) is 5.49. The number of carboxylic acids is 1. The van der Waals surface area contributed by atoms with Gasteiger partial charge >= 0.3 is 5.97 Å². The molecule has 7 heteroatoms. The van der Waals surface area contributed by atoms with E-state index in [2.05, 4.69) is 5.32 Å². The van der Waals surface area contributed by atoms with E-state index in [4.69, 9.17) is 4.74 Å². The molecule has 0 aromatic heterocycles. The van der Waals surface area contributed by atoms with Crippen molar-refractivity contribution in [2.75, 3.05) is 18.5 Å². The molecule has 0 saturated heterocycles. The number of ketones is 1. The Balaban J connectivity index is 1.14. The molecule has 0 radical (unpaired) electrons. The van der Waals surface area contributed by atoms with Crippen molar-refractivity contribution in [2.45, 2.75) is 38.3 Å². The van der Waals surface area contributed by atoms with Crippen LogP contribution < -0.4 is 10.1 Å². The van der Waals surface area contributed by atoms with Crippen LogP contribution in [0, 0.1) is 0 Å². The summed E-state index contributed by atoms with van der Waals surface area (Å²) in [7, 11) is 0. The molecule has 244 valence electrons. The zero-order chi connectivity index (χ0) is 33.6. The van der Waals surface area contributed by atoms with Crippen molar-refractivity contribution in [1.82, 2.24) is 4.90 Å². The van der Waals surface area contributed by atoms with E-state index in [1.54, 1.807) is 48.5 Å². The molecule has 7 nitrogen and oxygen atoms in total. The average molecular weight is 641 g/mol. The monoisotopic (exact) mass is 640 g/mol. The number of carboxylic acid groups (broad SMARTS) is 1. The molecular weight excluding hydrogens is 600 g/mol. The third-order valence-corrected chi connectivity index (χ3v) is 8.08. The molecule has 0 fully saturated rings. The minimum atomic E-state index is -1.02. The molecule has 1 atom stereocenters. The van der Waals surface area contributed by atoms with E-state index in [9.17, 15) is 19.5 Å². The molecule has 0 spiro atoms. The van der Waals surface area contributed by atoms with Crippen LogP contribution in [-0.2, 0) is 29.0 Å². The van der Waals surface area contributed by atoms with Crippen LogP contribution in [0.1, 0.15) is 45.5 Å². The first-order chi connectivity index (χ1) is 23.5. The highest BCUT2D eigenvalue weighted by atomic mass is 16.5. The van der Waals surface area contributed by atoms with Crippen molar-refractivity contribution in [3.63, 3.8) is 0 Å². The van der Waals surface area contributed by atoms with Gasteiger partial charge in [0.15, 0.2) is 5.78 Å². The van der Waals surface area contributed by atoms with Crippen molar-refractivity contribution >= 4 is 23.3 Å². The molecule has 1 unspecified atom stereocenters. The molecule has 2 N–H and O–H groups in total. The number of aliphatic carboxylic acids is 1. The van der Waals surface area contributed by atoms with Crippen LogP contribution >= 0.6 is 0 Å². The lowest BCUT2D eigenvalue weighted by molar-refractivity contribution is -0.138. The number of anilines is 1. The predicted octanol–water partition coefficient (Wildman–Crippen LogP) is 7.46. The van der Waals surface area contributed by atoms with Gasteiger partial charge in [-0.15, -0.1) is 0 Å². The molecule has 1 amide bonds. The zero-order valence-corrected chi connectivity index (χ0v) is 26.8. The third kappa shape index (κ3) is 9.90. The van der Waals surface area contributed by atoms with Gasteiger partial charge < -0.3 is 20.1 Å². The summed E-state index contributed by atoms with van der Waals surface area (Å²) in [6, 6.07) is 42.3. The topological polar surface area (TPSA) is 95.9 Å². The third-order valence-electron chi connectivity index (χ3n) is 8.08. The lowest BCUT2D eigenvalue weighted by Crippen LogP contribution is -2.32. The Hall–Kier alpha value is -5.69. The molecule has 0 heterocycles. The molecule has 5 aromatic carbocycles. The summed E-state index contributed by atoms with van der Waals surface area (Å²) in [5, 5.41) is 13.1. The number of hydrogen-bond donors (Lipinski definition) is 2. The lowest BCUT2D eigenvalue weighted by Gasteiger charge is -2.23. The fourth-order valence-electron chi connectivity index (χ4n) is 5.49. The Morgan fingerprint density at radius 2 is 1.29 bits per heavy atom. The Morgan fingerprint density at radius 3 is 1.96 bits per heavy atom. The minimum Gasteiger partial charge on any atom is -0.494 e. The lowest BCUT2D eigenvalue weighted by atomic mass is 10.00. The molecule has 0 bridgehead atoms. The van der Waals surface area contributed by atoms with E-state index < -0.39 is 12.0 Å². The number of amides is 1. The summed E-state index contributed by atoms with van der Waals surface area (Å²) in [6.07, 6.45) is 2.02. The van der Waals surface area contributed by atoms with Gasteiger partial charge in [0.25, 0.3) is 0 Å². The quantitative estimate of drug-likeness (QED) is 0.0810. The Bertz CT molecular complexity index is 1760. The molecule has 5 aromatic rings. The van der Waals surface area contributed by atoms with Crippen LogP contribution in [0.25, 0.3) is 0 Å². The highest BCUT2D eigenvalue weighted by Crippen LogP contribution is 2.22. The summed E-state index contributed by atoms with van der Waals surface area (Å²) in [5.41, 5.74) is 4.46. The van der Waals surface area contributed by atoms with E-state index in [0.717, 1.165) is 16.7 Å². The molecule has 0 aliphatic rings. The Labute approximate surface area is 281 Å². The van der Waals surface area contributed by atoms with Gasteiger partial charge in [-0.2, -0.15) is 0 Å². The SMILES string of the molecule is O=C(c1ccccc1)c1ccccc1NC(Cc1ccc(OCCCN(Cc2ccccc2)C(=O)CCc2ccccc2)cc1)C(=O)O. The number of aryl methyl sites for hydroxylation is 1. The average Bonchev–Trinajstić information content (AvgIpc) is 3.13. The van der Waals surface area contributed by atoms with Crippen LogP contribution in [0.4, 0.5) is 5.69 Å². The maximum absolute atomic E-state index is 13.2. The number of ether oxygens (including phenoxy) is 1. The first-order valence-corrected chi connectivity index (χ1v) is 16.2. The first kappa shape index (κ1) is 33.7. The molecule has 0 aliphatic carbocycles. The molecular formula is C41H40N2O5. The van der Waals surface area contributed by atoms with Crippen LogP contribution in [0.15, 0.2) is 140 Å². The maximum Gasteiger partial charge on any atom is 0.326 e. The van der Waals surface area contributed by atoms with Crippen molar-refractivity contribution < 1.29 is 24.2 Å². The van der Waals surface area contributed by atoms with Gasteiger partial charge in [0.1, 0.15) is 11.8 Å². The number of nitrogens with zero attached hydrogens (tertiary/aromatic N) is 1. The number of carbonyl (C=O) groups is 3. The standard InChI is InChI=1S/C41H40N2O5/c44-39(26-23-31-13-4-1-5-14-31)43(30-33-15-6-2-7-16-33)27-12-28-48-35-24-21-32(22-25-35)29-38(41(46)47)42-37-20-11-10-19-36(37)40(45)34-17-8-3-9-18-34/h1-11,13-22,24-25,38,42H,12,23,26-30H2,(H,46,47). The smallest absolute Gasteiger partial charge is 0.326 e. The summed E-state index contributed by atoms with van der Waals surface area (Å²) >= 11 is 0. The van der Waals surface area contributed by atoms with Gasteiger partial charge in [0, 0.05) is 42.7 Å². The van der Waals surface area contributed by atoms with E-state index in [1.165, 1.54) is 0 Å². The van der Waals surface area contributed by atoms with Crippen molar-refractivity contribution in [2.24, 2.45) is 0 Å². The Kier molecular flexibility index (Phi) is 12.1. The minimum absolute atomic E-state index is 0.112. The van der Waals surface area contributed by atoms with Crippen LogP contribution in [-0.4, -0.2) is 46.9 Å².